The Labute approximate surface area is 157 Å². The number of thioether (sulfide) groups is 1. The smallest absolute Gasteiger partial charge is 0.269 e. The van der Waals surface area contributed by atoms with Gasteiger partial charge in [0.25, 0.3) is 11.8 Å². The minimum absolute atomic E-state index is 0.299. The minimum atomic E-state index is -0.410. The van der Waals surface area contributed by atoms with E-state index in [4.69, 9.17) is 11.6 Å². The number of amides is 2. The topological polar surface area (TPSA) is 71.1 Å². The molecule has 0 aliphatic rings. The predicted molar refractivity (Wildman–Crippen MR) is 102 cm³/mol. The molecule has 0 unspecified atom stereocenters. The molecule has 2 aromatic carbocycles. The molecular weight excluding hydrogens is 378 g/mol. The molecule has 0 saturated carbocycles. The number of hydrogen-bond donors (Lipinski definition) is 2. The molecule has 0 bridgehead atoms. The van der Waals surface area contributed by atoms with Crippen LogP contribution in [0.15, 0.2) is 52.9 Å². The third-order valence-corrected chi connectivity index (χ3v) is 5.78. The lowest BCUT2D eigenvalue weighted by molar-refractivity contribution is -0.121. The van der Waals surface area contributed by atoms with Gasteiger partial charge in [-0.2, -0.15) is 0 Å². The number of thiazole rings is 1. The van der Waals surface area contributed by atoms with Gasteiger partial charge >= 0.3 is 0 Å². The fourth-order valence-corrected chi connectivity index (χ4v) is 4.37. The van der Waals surface area contributed by atoms with Crippen molar-refractivity contribution in [2.24, 2.45) is 0 Å². The average Bonchev–Trinajstić information content (AvgIpc) is 3.01. The van der Waals surface area contributed by atoms with Gasteiger partial charge in [-0.05, 0) is 37.3 Å². The second kappa shape index (κ2) is 7.86. The van der Waals surface area contributed by atoms with Gasteiger partial charge < -0.3 is 0 Å². The number of hydrogen-bond acceptors (Lipinski definition) is 5. The molecular formula is C17H14ClN3O2S2. The van der Waals surface area contributed by atoms with Gasteiger partial charge in [-0.3, -0.25) is 20.4 Å². The molecule has 25 heavy (non-hydrogen) atoms. The number of benzene rings is 2. The van der Waals surface area contributed by atoms with Crippen molar-refractivity contribution in [1.82, 2.24) is 15.8 Å². The second-order valence-corrected chi connectivity index (χ2v) is 8.22. The molecule has 0 aliphatic carbocycles. The van der Waals surface area contributed by atoms with Crippen molar-refractivity contribution in [3.63, 3.8) is 0 Å². The predicted octanol–water partition coefficient (Wildman–Crippen LogP) is 3.89. The Morgan fingerprint density at radius 3 is 2.68 bits per heavy atom. The van der Waals surface area contributed by atoms with E-state index in [9.17, 15) is 9.59 Å². The largest absolute Gasteiger partial charge is 0.272 e. The summed E-state index contributed by atoms with van der Waals surface area (Å²) >= 11 is 8.79. The number of nitrogens with zero attached hydrogens (tertiary/aromatic N) is 1. The number of aromatic nitrogens is 1. The first kappa shape index (κ1) is 17.7. The molecule has 0 aliphatic heterocycles. The summed E-state index contributed by atoms with van der Waals surface area (Å²) in [5, 5.41) is 0.218. The highest BCUT2D eigenvalue weighted by Gasteiger charge is 2.17. The molecule has 1 heterocycles. The molecule has 3 rings (SSSR count). The van der Waals surface area contributed by atoms with E-state index in [2.05, 4.69) is 15.8 Å². The van der Waals surface area contributed by atoms with E-state index in [1.807, 2.05) is 18.2 Å². The Bertz CT molecular complexity index is 915. The van der Waals surface area contributed by atoms with Gasteiger partial charge in [0.15, 0.2) is 4.34 Å². The highest BCUT2D eigenvalue weighted by Crippen LogP contribution is 2.33. The van der Waals surface area contributed by atoms with E-state index in [0.717, 1.165) is 14.6 Å². The van der Waals surface area contributed by atoms with Crippen LogP contribution in [0.1, 0.15) is 17.3 Å². The van der Waals surface area contributed by atoms with Gasteiger partial charge in [0.2, 0.25) is 0 Å². The SMILES string of the molecule is C[C@@H](Sc1nc2cc(Cl)ccc2s1)C(=O)NNC(=O)c1ccccc1. The van der Waals surface area contributed by atoms with Crippen LogP contribution in [-0.4, -0.2) is 22.0 Å². The first-order chi connectivity index (χ1) is 12.0. The van der Waals surface area contributed by atoms with E-state index in [-0.39, 0.29) is 11.8 Å². The number of fused-ring (bicyclic) bond motifs is 1. The van der Waals surface area contributed by atoms with Gasteiger partial charge in [0, 0.05) is 10.6 Å². The Morgan fingerprint density at radius 1 is 1.16 bits per heavy atom. The van der Waals surface area contributed by atoms with Crippen molar-refractivity contribution in [2.45, 2.75) is 16.5 Å². The van der Waals surface area contributed by atoms with Gasteiger partial charge in [0.1, 0.15) is 0 Å². The molecule has 2 amide bonds. The molecule has 5 nitrogen and oxygen atoms in total. The average molecular weight is 392 g/mol. The van der Waals surface area contributed by atoms with Gasteiger partial charge in [-0.15, -0.1) is 11.3 Å². The van der Waals surface area contributed by atoms with Crippen LogP contribution in [0.4, 0.5) is 0 Å². The van der Waals surface area contributed by atoms with Crippen LogP contribution in [0.25, 0.3) is 10.2 Å². The number of halogens is 1. The highest BCUT2D eigenvalue weighted by atomic mass is 35.5. The summed E-state index contributed by atoms with van der Waals surface area (Å²) in [6.45, 7) is 1.76. The Balaban J connectivity index is 1.57. The van der Waals surface area contributed by atoms with Crippen molar-refractivity contribution in [2.75, 3.05) is 0 Å². The molecule has 3 aromatic rings. The number of carbonyl (C=O) groups excluding carboxylic acids is 2. The Kier molecular flexibility index (Phi) is 5.57. The summed E-state index contributed by atoms with van der Waals surface area (Å²) in [6.07, 6.45) is 0. The normalized spacial score (nSPS) is 11.9. The van der Waals surface area contributed by atoms with Crippen molar-refractivity contribution < 1.29 is 9.59 Å². The summed E-state index contributed by atoms with van der Waals surface area (Å²) in [4.78, 5) is 28.6. The van der Waals surface area contributed by atoms with Crippen LogP contribution in [0, 0.1) is 0 Å². The van der Waals surface area contributed by atoms with Crippen LogP contribution in [-0.2, 0) is 4.79 Å². The zero-order chi connectivity index (χ0) is 17.8. The Morgan fingerprint density at radius 2 is 1.92 bits per heavy atom. The molecule has 0 spiro atoms. The summed E-state index contributed by atoms with van der Waals surface area (Å²) in [5.41, 5.74) is 6.14. The Hall–Kier alpha value is -2.09. The monoisotopic (exact) mass is 391 g/mol. The third-order valence-electron chi connectivity index (χ3n) is 3.31. The van der Waals surface area contributed by atoms with Crippen LogP contribution in [0.5, 0.6) is 0 Å². The van der Waals surface area contributed by atoms with E-state index < -0.39 is 5.25 Å². The van der Waals surface area contributed by atoms with Crippen molar-refractivity contribution >= 4 is 56.7 Å². The number of rotatable bonds is 4. The standard InChI is InChI=1S/C17H14ClN3O2S2/c1-10(15(22)20-21-16(23)11-5-3-2-4-6-11)24-17-19-13-9-12(18)7-8-14(13)25-17/h2-10H,1H3,(H,20,22)(H,21,23)/t10-/m1/s1. The quantitative estimate of drug-likeness (QED) is 0.522. The number of carbonyl (C=O) groups is 2. The minimum Gasteiger partial charge on any atom is -0.272 e. The molecule has 0 fully saturated rings. The van der Waals surface area contributed by atoms with Gasteiger partial charge in [-0.25, -0.2) is 4.98 Å². The molecule has 128 valence electrons. The summed E-state index contributed by atoms with van der Waals surface area (Å²) in [7, 11) is 0. The van der Waals surface area contributed by atoms with Crippen LogP contribution < -0.4 is 10.9 Å². The van der Waals surface area contributed by atoms with Crippen LogP contribution in [0.2, 0.25) is 5.02 Å². The maximum Gasteiger partial charge on any atom is 0.269 e. The molecule has 1 aromatic heterocycles. The number of nitrogens with one attached hydrogen (secondary N) is 2. The maximum absolute atomic E-state index is 12.2. The fraction of sp³-hybridized carbons (Fsp3) is 0.118. The van der Waals surface area contributed by atoms with E-state index in [1.54, 1.807) is 37.3 Å². The van der Waals surface area contributed by atoms with Gasteiger partial charge in [-0.1, -0.05) is 41.6 Å². The fourth-order valence-electron chi connectivity index (χ4n) is 2.02. The third kappa shape index (κ3) is 4.50. The van der Waals surface area contributed by atoms with E-state index >= 15 is 0 Å². The first-order valence-corrected chi connectivity index (χ1v) is 9.48. The number of hydrazine groups is 1. The summed E-state index contributed by atoms with van der Waals surface area (Å²) in [6, 6.07) is 14.2. The highest BCUT2D eigenvalue weighted by molar-refractivity contribution is 8.02. The van der Waals surface area contributed by atoms with Crippen molar-refractivity contribution in [3.05, 3.63) is 59.1 Å². The molecule has 1 atom stereocenters. The summed E-state index contributed by atoms with van der Waals surface area (Å²) < 4.78 is 1.78. The van der Waals surface area contributed by atoms with Gasteiger partial charge in [0.05, 0.1) is 15.5 Å². The molecule has 2 N–H and O–H groups in total. The maximum atomic E-state index is 12.2. The molecule has 8 heteroatoms. The van der Waals surface area contributed by atoms with Crippen LogP contribution >= 0.6 is 34.7 Å². The van der Waals surface area contributed by atoms with Crippen molar-refractivity contribution in [3.8, 4) is 0 Å². The van der Waals surface area contributed by atoms with E-state index in [0.29, 0.717) is 10.6 Å². The zero-order valence-corrected chi connectivity index (χ0v) is 15.5. The summed E-state index contributed by atoms with van der Waals surface area (Å²) in [5.74, 6) is -0.660. The van der Waals surface area contributed by atoms with Crippen molar-refractivity contribution in [1.29, 1.82) is 0 Å². The molecule has 0 radical (unpaired) electrons. The van der Waals surface area contributed by atoms with E-state index in [1.165, 1.54) is 23.1 Å². The second-order valence-electron chi connectivity index (χ2n) is 5.16. The zero-order valence-electron chi connectivity index (χ0n) is 13.2. The molecule has 0 saturated heterocycles. The lowest BCUT2D eigenvalue weighted by Crippen LogP contribution is -2.44. The lowest BCUT2D eigenvalue weighted by Gasteiger charge is -2.11. The first-order valence-electron chi connectivity index (χ1n) is 7.41. The lowest BCUT2D eigenvalue weighted by atomic mass is 10.2. The van der Waals surface area contributed by atoms with Crippen LogP contribution in [0.3, 0.4) is 0 Å².